The lowest BCUT2D eigenvalue weighted by Crippen LogP contribution is -1.99. The van der Waals surface area contributed by atoms with Crippen LogP contribution in [-0.2, 0) is 17.8 Å². The fourth-order valence-electron chi connectivity index (χ4n) is 2.57. The Labute approximate surface area is 154 Å². The third-order valence-corrected chi connectivity index (χ3v) is 4.18. The highest BCUT2D eigenvalue weighted by atomic mass is 35.5. The van der Waals surface area contributed by atoms with Crippen molar-refractivity contribution < 1.29 is 9.47 Å². The maximum absolute atomic E-state index is 5.91. The van der Waals surface area contributed by atoms with Crippen LogP contribution in [0.4, 0.5) is 0 Å². The molecule has 0 aliphatic heterocycles. The van der Waals surface area contributed by atoms with Crippen LogP contribution in [0.25, 0.3) is 0 Å². The third-order valence-electron chi connectivity index (χ3n) is 3.93. The molecule has 0 heterocycles. The van der Waals surface area contributed by atoms with Gasteiger partial charge in [-0.2, -0.15) is 0 Å². The van der Waals surface area contributed by atoms with E-state index in [1.54, 1.807) is 0 Å². The molecular formula is C22H21ClO2. The maximum Gasteiger partial charge on any atom is 0.130 e. The Hall–Kier alpha value is -2.29. The molecule has 0 N–H and O–H groups in total. The minimum Gasteiger partial charge on any atom is -0.457 e. The molecule has 25 heavy (non-hydrogen) atoms. The maximum atomic E-state index is 5.91. The fourth-order valence-corrected chi connectivity index (χ4v) is 2.69. The van der Waals surface area contributed by atoms with Gasteiger partial charge in [-0.1, -0.05) is 54.1 Å². The van der Waals surface area contributed by atoms with Crippen LogP contribution in [-0.4, -0.2) is 6.61 Å². The number of halogens is 1. The number of rotatable bonds is 7. The molecule has 0 fully saturated rings. The molecule has 0 amide bonds. The van der Waals surface area contributed by atoms with E-state index in [9.17, 15) is 0 Å². The summed E-state index contributed by atoms with van der Waals surface area (Å²) in [5.41, 5.74) is 3.55. The molecule has 0 aliphatic carbocycles. The summed E-state index contributed by atoms with van der Waals surface area (Å²) in [5, 5.41) is 0.704. The van der Waals surface area contributed by atoms with Crippen LogP contribution >= 0.6 is 11.6 Å². The van der Waals surface area contributed by atoms with Crippen molar-refractivity contribution in [2.75, 3.05) is 6.61 Å². The van der Waals surface area contributed by atoms with Crippen molar-refractivity contribution in [1.29, 1.82) is 0 Å². The topological polar surface area (TPSA) is 18.5 Å². The number of hydrogen-bond donors (Lipinski definition) is 0. The van der Waals surface area contributed by atoms with E-state index in [2.05, 4.69) is 31.2 Å². The molecule has 0 bridgehead atoms. The minimum atomic E-state index is 0.650. The summed E-state index contributed by atoms with van der Waals surface area (Å²) in [7, 11) is 0. The van der Waals surface area contributed by atoms with Crippen molar-refractivity contribution in [2.24, 2.45) is 0 Å². The molecule has 0 radical (unpaired) electrons. The Bertz CT molecular complexity index is 798. The van der Waals surface area contributed by atoms with Gasteiger partial charge in [0.2, 0.25) is 0 Å². The number of aryl methyl sites for hydroxylation is 1. The van der Waals surface area contributed by atoms with Crippen molar-refractivity contribution in [3.8, 4) is 11.5 Å². The predicted octanol–water partition coefficient (Wildman–Crippen LogP) is 6.20. The molecule has 0 unspecified atom stereocenters. The lowest BCUT2D eigenvalue weighted by Gasteiger charge is -2.11. The highest BCUT2D eigenvalue weighted by Gasteiger charge is 2.04. The van der Waals surface area contributed by atoms with Crippen LogP contribution in [0.3, 0.4) is 0 Å². The van der Waals surface area contributed by atoms with Crippen molar-refractivity contribution in [1.82, 2.24) is 0 Å². The first-order valence-electron chi connectivity index (χ1n) is 8.35. The molecule has 0 aromatic heterocycles. The second-order valence-corrected chi connectivity index (χ2v) is 6.38. The summed E-state index contributed by atoms with van der Waals surface area (Å²) in [6.45, 7) is 3.41. The van der Waals surface area contributed by atoms with Gasteiger partial charge in [-0.3, -0.25) is 0 Å². The van der Waals surface area contributed by atoms with Gasteiger partial charge in [-0.05, 0) is 60.4 Å². The normalized spacial score (nSPS) is 10.6. The fraction of sp³-hybridized carbons (Fsp3) is 0.182. The summed E-state index contributed by atoms with van der Waals surface area (Å²) in [6.07, 6.45) is 0.884. The molecule has 0 spiro atoms. The average molecular weight is 353 g/mol. The molecule has 3 aromatic carbocycles. The van der Waals surface area contributed by atoms with Crippen molar-refractivity contribution in [3.05, 3.63) is 94.5 Å². The van der Waals surface area contributed by atoms with E-state index in [4.69, 9.17) is 21.1 Å². The Morgan fingerprint density at radius 1 is 0.840 bits per heavy atom. The quantitative estimate of drug-likeness (QED) is 0.471. The zero-order valence-electron chi connectivity index (χ0n) is 14.2. The number of hydrogen-bond acceptors (Lipinski definition) is 2. The Kier molecular flexibility index (Phi) is 6.10. The Morgan fingerprint density at radius 2 is 1.60 bits per heavy atom. The molecule has 0 atom stereocenters. The molecule has 3 rings (SSSR count). The van der Waals surface area contributed by atoms with Crippen molar-refractivity contribution in [2.45, 2.75) is 20.0 Å². The van der Waals surface area contributed by atoms with Crippen LogP contribution in [0, 0.1) is 6.92 Å². The van der Waals surface area contributed by atoms with E-state index in [-0.39, 0.29) is 0 Å². The van der Waals surface area contributed by atoms with Gasteiger partial charge >= 0.3 is 0 Å². The third kappa shape index (κ3) is 5.35. The van der Waals surface area contributed by atoms with E-state index >= 15 is 0 Å². The van der Waals surface area contributed by atoms with Crippen LogP contribution in [0.15, 0.2) is 72.8 Å². The lowest BCUT2D eigenvalue weighted by atomic mass is 10.1. The summed E-state index contributed by atoms with van der Waals surface area (Å²) < 4.78 is 11.7. The molecule has 2 nitrogen and oxygen atoms in total. The van der Waals surface area contributed by atoms with E-state index in [0.29, 0.717) is 18.2 Å². The van der Waals surface area contributed by atoms with Gasteiger partial charge in [0, 0.05) is 5.02 Å². The number of benzene rings is 3. The predicted molar refractivity (Wildman–Crippen MR) is 103 cm³/mol. The molecule has 0 aliphatic rings. The molecule has 3 aromatic rings. The van der Waals surface area contributed by atoms with Crippen molar-refractivity contribution in [3.63, 3.8) is 0 Å². The summed E-state index contributed by atoms with van der Waals surface area (Å²) in [4.78, 5) is 0. The van der Waals surface area contributed by atoms with Gasteiger partial charge in [0.15, 0.2) is 0 Å². The van der Waals surface area contributed by atoms with E-state index in [1.165, 1.54) is 11.1 Å². The van der Waals surface area contributed by atoms with Gasteiger partial charge in [-0.15, -0.1) is 0 Å². The summed E-state index contributed by atoms with van der Waals surface area (Å²) in [6, 6.07) is 23.9. The molecule has 0 saturated carbocycles. The molecule has 0 saturated heterocycles. The number of ether oxygens (including phenoxy) is 2. The smallest absolute Gasteiger partial charge is 0.130 e. The van der Waals surface area contributed by atoms with Crippen molar-refractivity contribution >= 4 is 11.6 Å². The highest BCUT2D eigenvalue weighted by molar-refractivity contribution is 6.30. The van der Waals surface area contributed by atoms with Gasteiger partial charge in [-0.25, -0.2) is 0 Å². The zero-order valence-corrected chi connectivity index (χ0v) is 15.0. The zero-order chi connectivity index (χ0) is 17.5. The summed E-state index contributed by atoms with van der Waals surface area (Å²) >= 11 is 5.90. The Balaban J connectivity index is 1.52. The molecule has 128 valence electrons. The van der Waals surface area contributed by atoms with Crippen LogP contribution in [0.5, 0.6) is 11.5 Å². The first kappa shape index (κ1) is 17.5. The van der Waals surface area contributed by atoms with E-state index in [1.807, 2.05) is 48.5 Å². The van der Waals surface area contributed by atoms with Gasteiger partial charge < -0.3 is 9.47 Å². The van der Waals surface area contributed by atoms with Gasteiger partial charge in [0.1, 0.15) is 11.5 Å². The monoisotopic (exact) mass is 352 g/mol. The first-order valence-corrected chi connectivity index (χ1v) is 8.73. The van der Waals surface area contributed by atoms with Gasteiger partial charge in [0.25, 0.3) is 0 Å². The Morgan fingerprint density at radius 3 is 2.32 bits per heavy atom. The second kappa shape index (κ2) is 8.70. The van der Waals surface area contributed by atoms with Crippen LogP contribution < -0.4 is 4.74 Å². The second-order valence-electron chi connectivity index (χ2n) is 5.94. The van der Waals surface area contributed by atoms with Gasteiger partial charge in [0.05, 0.1) is 13.2 Å². The molecule has 3 heteroatoms. The largest absolute Gasteiger partial charge is 0.457 e. The first-order chi connectivity index (χ1) is 12.2. The SMILES string of the molecule is Cc1cc(CCOCc2ccccc2)ccc1Oc1ccc(Cl)cc1. The lowest BCUT2D eigenvalue weighted by molar-refractivity contribution is 0.124. The minimum absolute atomic E-state index is 0.650. The van der Waals surface area contributed by atoms with E-state index < -0.39 is 0 Å². The standard InChI is InChI=1S/C22H21ClO2/c1-17-15-18(13-14-24-16-19-5-3-2-4-6-19)7-12-22(17)25-21-10-8-20(23)9-11-21/h2-12,15H,13-14,16H2,1H3. The summed E-state index contributed by atoms with van der Waals surface area (Å²) in [5.74, 6) is 1.64. The van der Waals surface area contributed by atoms with Crippen LogP contribution in [0.2, 0.25) is 5.02 Å². The van der Waals surface area contributed by atoms with Crippen LogP contribution in [0.1, 0.15) is 16.7 Å². The highest BCUT2D eigenvalue weighted by Crippen LogP contribution is 2.27. The molecular weight excluding hydrogens is 332 g/mol. The van der Waals surface area contributed by atoms with E-state index in [0.717, 1.165) is 23.5 Å². The average Bonchev–Trinajstić information content (AvgIpc) is 2.63.